The number of rotatable bonds is 5. The van der Waals surface area contributed by atoms with E-state index in [0.717, 1.165) is 17.8 Å². The second-order valence-electron chi connectivity index (χ2n) is 6.78. The summed E-state index contributed by atoms with van der Waals surface area (Å²) in [6, 6.07) is 5.23. The van der Waals surface area contributed by atoms with Gasteiger partial charge in [-0.2, -0.15) is 0 Å². The third kappa shape index (κ3) is 4.61. The van der Waals surface area contributed by atoms with Gasteiger partial charge in [-0.15, -0.1) is 0 Å². The summed E-state index contributed by atoms with van der Waals surface area (Å²) in [6.45, 7) is 7.91. The Labute approximate surface area is 139 Å². The molecule has 0 spiro atoms. The average molecular weight is 338 g/mol. The van der Waals surface area contributed by atoms with Crippen LogP contribution < -0.4 is 10.6 Å². The van der Waals surface area contributed by atoms with Crippen molar-refractivity contribution in [2.24, 2.45) is 0 Å². The smallest absolute Gasteiger partial charge is 0.281 e. The van der Waals surface area contributed by atoms with Crippen LogP contribution in [0, 0.1) is 11.6 Å². The molecule has 5 nitrogen and oxygen atoms in total. The first-order valence-corrected chi connectivity index (χ1v) is 7.72. The number of carbonyl (C=O) groups is 1. The van der Waals surface area contributed by atoms with E-state index in [2.05, 4.69) is 10.5 Å². The molecule has 0 bridgehead atoms. The van der Waals surface area contributed by atoms with Gasteiger partial charge in [0.1, 0.15) is 6.04 Å². The molecule has 1 amide bonds. The van der Waals surface area contributed by atoms with Crippen molar-refractivity contribution in [2.75, 3.05) is 11.9 Å². The van der Waals surface area contributed by atoms with Gasteiger partial charge in [-0.05, 0) is 25.1 Å². The molecule has 24 heavy (non-hydrogen) atoms. The minimum Gasteiger partial charge on any atom is -0.338 e. The van der Waals surface area contributed by atoms with Gasteiger partial charge in [0.15, 0.2) is 18.2 Å². The molecule has 3 N–H and O–H groups in total. The summed E-state index contributed by atoms with van der Waals surface area (Å²) in [5, 5.41) is 8.28. The highest BCUT2D eigenvalue weighted by Crippen LogP contribution is 2.23. The van der Waals surface area contributed by atoms with E-state index in [1.54, 1.807) is 11.4 Å². The number of carbonyl (C=O) groups excluding carboxylic acids is 1. The molecule has 0 fully saturated rings. The molecule has 7 heteroatoms. The van der Waals surface area contributed by atoms with Crippen molar-refractivity contribution in [1.29, 1.82) is 0 Å². The van der Waals surface area contributed by atoms with Crippen LogP contribution in [0.5, 0.6) is 0 Å². The van der Waals surface area contributed by atoms with Gasteiger partial charge in [0.2, 0.25) is 5.88 Å². The van der Waals surface area contributed by atoms with Gasteiger partial charge in [-0.25, -0.2) is 8.78 Å². The maximum Gasteiger partial charge on any atom is 0.281 e. The summed E-state index contributed by atoms with van der Waals surface area (Å²) in [7, 11) is 0. The Bertz CT molecular complexity index is 723. The first kappa shape index (κ1) is 18.1. The molecule has 0 aliphatic carbocycles. The Hall–Kier alpha value is -2.28. The fraction of sp³-hybridized carbons (Fsp3) is 0.412. The van der Waals surface area contributed by atoms with Crippen molar-refractivity contribution in [2.45, 2.75) is 39.2 Å². The Morgan fingerprint density at radius 1 is 1.29 bits per heavy atom. The van der Waals surface area contributed by atoms with Crippen molar-refractivity contribution < 1.29 is 23.4 Å². The molecule has 130 valence electrons. The molecule has 0 saturated heterocycles. The summed E-state index contributed by atoms with van der Waals surface area (Å²) in [5.41, 5.74) is 1.19. The van der Waals surface area contributed by atoms with Crippen LogP contribution in [-0.2, 0) is 10.2 Å². The van der Waals surface area contributed by atoms with Gasteiger partial charge in [-0.3, -0.25) is 10.1 Å². The second-order valence-corrected chi connectivity index (χ2v) is 6.78. The lowest BCUT2D eigenvalue weighted by Gasteiger charge is -2.12. The van der Waals surface area contributed by atoms with E-state index in [0.29, 0.717) is 11.4 Å². The molecule has 0 aliphatic heterocycles. The predicted molar refractivity (Wildman–Crippen MR) is 85.4 cm³/mol. The average Bonchev–Trinajstić information content (AvgIpc) is 2.96. The van der Waals surface area contributed by atoms with Crippen LogP contribution in [0.4, 0.5) is 14.7 Å². The molecule has 1 aromatic carbocycles. The maximum absolute atomic E-state index is 13.2. The minimum absolute atomic E-state index is 0.117. The quantitative estimate of drug-likeness (QED) is 0.880. The zero-order valence-electron chi connectivity index (χ0n) is 14.2. The minimum atomic E-state index is -0.895. The highest BCUT2D eigenvalue weighted by Gasteiger charge is 2.20. The number of amides is 1. The van der Waals surface area contributed by atoms with Crippen LogP contribution in [0.25, 0.3) is 0 Å². The number of quaternary nitrogens is 1. The van der Waals surface area contributed by atoms with Crippen molar-refractivity contribution >= 4 is 11.8 Å². The highest BCUT2D eigenvalue weighted by atomic mass is 19.2. The zero-order valence-corrected chi connectivity index (χ0v) is 14.2. The lowest BCUT2D eigenvalue weighted by atomic mass is 9.92. The third-order valence-corrected chi connectivity index (χ3v) is 3.67. The molecule has 2 rings (SSSR count). The molecular weight excluding hydrogens is 316 g/mol. The lowest BCUT2D eigenvalue weighted by Crippen LogP contribution is -2.86. The fourth-order valence-corrected chi connectivity index (χ4v) is 2.09. The number of nitrogens with two attached hydrogens (primary N) is 1. The van der Waals surface area contributed by atoms with E-state index in [-0.39, 0.29) is 23.9 Å². The van der Waals surface area contributed by atoms with E-state index in [9.17, 15) is 13.6 Å². The largest absolute Gasteiger partial charge is 0.338 e. The number of nitrogens with one attached hydrogen (secondary N) is 1. The molecule has 1 heterocycles. The third-order valence-electron chi connectivity index (χ3n) is 3.67. The van der Waals surface area contributed by atoms with Gasteiger partial charge in [0, 0.05) is 17.0 Å². The Kier molecular flexibility index (Phi) is 5.33. The van der Waals surface area contributed by atoms with Gasteiger partial charge in [0.25, 0.3) is 5.91 Å². The van der Waals surface area contributed by atoms with Gasteiger partial charge in [-0.1, -0.05) is 25.9 Å². The topological polar surface area (TPSA) is 71.7 Å². The molecule has 0 saturated carbocycles. The van der Waals surface area contributed by atoms with E-state index in [1.165, 1.54) is 6.07 Å². The van der Waals surface area contributed by atoms with Crippen molar-refractivity contribution in [3.8, 4) is 0 Å². The summed E-state index contributed by atoms with van der Waals surface area (Å²) in [6.07, 6.45) is 0. The Morgan fingerprint density at radius 3 is 2.58 bits per heavy atom. The van der Waals surface area contributed by atoms with Gasteiger partial charge in [0.05, 0.1) is 5.69 Å². The number of hydrogen-bond acceptors (Lipinski definition) is 3. The number of halogens is 2. The summed E-state index contributed by atoms with van der Waals surface area (Å²) >= 11 is 0. The molecule has 0 aliphatic rings. The lowest BCUT2D eigenvalue weighted by molar-refractivity contribution is -0.682. The number of nitrogens with zero attached hydrogens (tertiary/aromatic N) is 1. The monoisotopic (exact) mass is 338 g/mol. The molecule has 1 aromatic heterocycles. The van der Waals surface area contributed by atoms with Crippen LogP contribution in [0.3, 0.4) is 0 Å². The van der Waals surface area contributed by atoms with E-state index < -0.39 is 11.6 Å². The first-order chi connectivity index (χ1) is 11.2. The van der Waals surface area contributed by atoms with E-state index >= 15 is 0 Å². The molecule has 0 unspecified atom stereocenters. The van der Waals surface area contributed by atoms with Crippen LogP contribution in [0.1, 0.15) is 45.0 Å². The summed E-state index contributed by atoms with van der Waals surface area (Å²) in [4.78, 5) is 12.0. The maximum atomic E-state index is 13.2. The summed E-state index contributed by atoms with van der Waals surface area (Å²) < 4.78 is 31.3. The van der Waals surface area contributed by atoms with Crippen molar-refractivity contribution in [3.05, 3.63) is 47.2 Å². The van der Waals surface area contributed by atoms with Crippen molar-refractivity contribution in [1.82, 2.24) is 5.16 Å². The highest BCUT2D eigenvalue weighted by molar-refractivity contribution is 5.90. The van der Waals surface area contributed by atoms with E-state index in [1.807, 2.05) is 27.7 Å². The second kappa shape index (κ2) is 7.09. The molecule has 1 atom stereocenters. The van der Waals surface area contributed by atoms with Gasteiger partial charge < -0.3 is 9.84 Å². The van der Waals surface area contributed by atoms with Crippen LogP contribution in [0.15, 0.2) is 28.8 Å². The Morgan fingerprint density at radius 2 is 2.00 bits per heavy atom. The molecule has 0 radical (unpaired) electrons. The van der Waals surface area contributed by atoms with Gasteiger partial charge >= 0.3 is 0 Å². The zero-order chi connectivity index (χ0) is 17.9. The number of anilines is 1. The first-order valence-electron chi connectivity index (χ1n) is 7.72. The van der Waals surface area contributed by atoms with Crippen LogP contribution in [-0.4, -0.2) is 17.6 Å². The number of benzene rings is 1. The normalized spacial score (nSPS) is 12.9. The standard InChI is InChI=1S/C17H21F2N3O2/c1-10(11-5-6-12(18)13(19)7-11)20-9-15(23)21-16-8-14(22-24-16)17(2,3)4/h5-8,10,20H,9H2,1-4H3,(H,21,23)/p+1/t10-/m1/s1. The Balaban J connectivity index is 1.88. The molecular formula is C17H22F2N3O2+. The van der Waals surface area contributed by atoms with Crippen LogP contribution >= 0.6 is 0 Å². The number of hydrogen-bond donors (Lipinski definition) is 2. The van der Waals surface area contributed by atoms with E-state index in [4.69, 9.17) is 4.52 Å². The number of aromatic nitrogens is 1. The SMILES string of the molecule is C[C@@H]([NH2+]CC(=O)Nc1cc(C(C)(C)C)no1)c1ccc(F)c(F)c1. The predicted octanol–water partition coefficient (Wildman–Crippen LogP) is 2.51. The van der Waals surface area contributed by atoms with Crippen molar-refractivity contribution in [3.63, 3.8) is 0 Å². The molecule has 2 aromatic rings. The fourth-order valence-electron chi connectivity index (χ4n) is 2.09. The van der Waals surface area contributed by atoms with Crippen LogP contribution in [0.2, 0.25) is 0 Å². The summed E-state index contributed by atoms with van der Waals surface area (Å²) in [5.74, 6) is -1.75.